The highest BCUT2D eigenvalue weighted by Crippen LogP contribution is 2.23. The van der Waals surface area contributed by atoms with E-state index in [0.29, 0.717) is 32.9 Å². The average molecular weight is 746 g/mol. The fraction of sp³-hybridized carbons (Fsp3) is 0.156. The van der Waals surface area contributed by atoms with Crippen molar-refractivity contribution in [2.45, 2.75) is 6.92 Å². The second-order valence-electron chi connectivity index (χ2n) is 8.79. The summed E-state index contributed by atoms with van der Waals surface area (Å²) in [6.07, 6.45) is 0. The highest BCUT2D eigenvalue weighted by atomic mass is 79.9. The van der Waals surface area contributed by atoms with Crippen LogP contribution in [0.15, 0.2) is 78.2 Å². The van der Waals surface area contributed by atoms with Crippen LogP contribution in [-0.4, -0.2) is 66.2 Å². The number of thiazole rings is 1. The van der Waals surface area contributed by atoms with Crippen molar-refractivity contribution in [2.75, 3.05) is 32.4 Å². The van der Waals surface area contributed by atoms with Gasteiger partial charge in [0.2, 0.25) is 0 Å². The molecule has 0 unspecified atom stereocenters. The van der Waals surface area contributed by atoms with Gasteiger partial charge in [0.05, 0.1) is 49.0 Å². The number of halogens is 1. The van der Waals surface area contributed by atoms with Crippen LogP contribution in [0.1, 0.15) is 58.7 Å². The number of esters is 3. The quantitative estimate of drug-likeness (QED) is 0.0742. The molecule has 0 aliphatic heterocycles. The van der Waals surface area contributed by atoms with Crippen LogP contribution in [0.5, 0.6) is 0 Å². The van der Waals surface area contributed by atoms with Crippen molar-refractivity contribution in [3.63, 3.8) is 0 Å². The summed E-state index contributed by atoms with van der Waals surface area (Å²) in [6, 6.07) is 19.8. The van der Waals surface area contributed by atoms with Gasteiger partial charge in [-0.15, -0.1) is 11.3 Å². The molecular formula is C32H33BrN4O8S2. The monoisotopic (exact) mass is 744 g/mol. The van der Waals surface area contributed by atoms with E-state index >= 15 is 0 Å². The highest BCUT2D eigenvalue weighted by Gasteiger charge is 2.09. The average Bonchev–Trinajstić information content (AvgIpc) is 3.53. The van der Waals surface area contributed by atoms with Gasteiger partial charge in [0, 0.05) is 22.1 Å². The molecule has 0 bridgehead atoms. The molecule has 0 fully saturated rings. The molecule has 15 heteroatoms. The molecule has 6 N–H and O–H groups in total. The summed E-state index contributed by atoms with van der Waals surface area (Å²) in [7, 11) is 4.00. The Morgan fingerprint density at radius 2 is 1.04 bits per heavy atom. The first-order chi connectivity index (χ1) is 22.3. The van der Waals surface area contributed by atoms with Crippen LogP contribution < -0.4 is 17.2 Å². The molecule has 0 saturated heterocycles. The molecule has 0 amide bonds. The smallest absolute Gasteiger partial charge is 0.337 e. The number of hydrogen-bond acceptors (Lipinski definition) is 12. The van der Waals surface area contributed by atoms with Crippen molar-refractivity contribution < 1.29 is 38.2 Å². The van der Waals surface area contributed by atoms with Crippen LogP contribution in [0.4, 0.5) is 5.13 Å². The standard InChI is InChI=1S/C11H10N2O2S.C10H9BrO3.C10H10O3.CH4N2S/c1-15-10(14)8-4-2-7(3-5-8)9-6-16-11(12)13-9;1-14-10(13)8-4-2-7(3-5-8)9(12)6-11;1-7(11)8-3-5-9(6-4-8)10(12)13-2;2-1(3)4/h2-6H,1H3,(H2,12,13);2-5H,6H2,1H3;3-6H,1-2H3;(H4,2,3,4). The lowest BCUT2D eigenvalue weighted by Gasteiger charge is -2.00. The Morgan fingerprint density at radius 3 is 1.34 bits per heavy atom. The second kappa shape index (κ2) is 20.9. The van der Waals surface area contributed by atoms with Gasteiger partial charge in [-0.3, -0.25) is 9.59 Å². The number of hydrogen-bond donors (Lipinski definition) is 3. The highest BCUT2D eigenvalue weighted by molar-refractivity contribution is 9.09. The first-order valence-corrected chi connectivity index (χ1v) is 15.6. The van der Waals surface area contributed by atoms with Crippen LogP contribution >= 0.6 is 39.5 Å². The van der Waals surface area contributed by atoms with Crippen molar-refractivity contribution in [3.8, 4) is 11.3 Å². The zero-order valence-corrected chi connectivity index (χ0v) is 29.1. The van der Waals surface area contributed by atoms with E-state index in [1.54, 1.807) is 60.7 Å². The van der Waals surface area contributed by atoms with E-state index in [0.717, 1.165) is 11.3 Å². The van der Waals surface area contributed by atoms with Crippen molar-refractivity contribution in [1.29, 1.82) is 0 Å². The predicted molar refractivity (Wildman–Crippen MR) is 188 cm³/mol. The molecule has 1 aromatic heterocycles. The fourth-order valence-corrected chi connectivity index (χ4v) is 4.16. The lowest BCUT2D eigenvalue weighted by atomic mass is 10.1. The molecular weight excluding hydrogens is 712 g/mol. The van der Waals surface area contributed by atoms with E-state index in [2.05, 4.69) is 58.8 Å². The number of carbonyl (C=O) groups is 5. The molecule has 0 radical (unpaired) electrons. The number of anilines is 1. The lowest BCUT2D eigenvalue weighted by Crippen LogP contribution is -2.18. The predicted octanol–water partition coefficient (Wildman–Crippen LogP) is 5.09. The maximum atomic E-state index is 11.2. The molecule has 0 aliphatic carbocycles. The maximum Gasteiger partial charge on any atom is 0.337 e. The van der Waals surface area contributed by atoms with Crippen molar-refractivity contribution >= 4 is 79.2 Å². The molecule has 47 heavy (non-hydrogen) atoms. The van der Waals surface area contributed by atoms with Crippen molar-refractivity contribution in [2.24, 2.45) is 11.5 Å². The van der Waals surface area contributed by atoms with E-state index < -0.39 is 11.9 Å². The number of thiocarbonyl (C=S) groups is 1. The number of carbonyl (C=O) groups excluding carboxylic acids is 5. The molecule has 0 aliphatic rings. The van der Waals surface area contributed by atoms with Gasteiger partial charge in [0.1, 0.15) is 0 Å². The van der Waals surface area contributed by atoms with E-state index in [1.165, 1.54) is 39.6 Å². The summed E-state index contributed by atoms with van der Waals surface area (Å²) in [5.41, 5.74) is 19.1. The topological polar surface area (TPSA) is 204 Å². The van der Waals surface area contributed by atoms with Gasteiger partial charge in [-0.05, 0) is 55.5 Å². The summed E-state index contributed by atoms with van der Waals surface area (Å²) < 4.78 is 13.7. The van der Waals surface area contributed by atoms with Gasteiger partial charge in [-0.1, -0.05) is 52.3 Å². The Bertz CT molecular complexity index is 1620. The van der Waals surface area contributed by atoms with Gasteiger partial charge in [0.15, 0.2) is 21.8 Å². The SMILES string of the molecule is COC(=O)c1ccc(-c2csc(N)n2)cc1.COC(=O)c1ccc(C(=O)CBr)cc1.COC(=O)c1ccc(C(C)=O)cc1.NC(N)=S. The number of benzene rings is 3. The van der Waals surface area contributed by atoms with E-state index in [-0.39, 0.29) is 28.0 Å². The number of alkyl halides is 1. The molecule has 3 aromatic carbocycles. The van der Waals surface area contributed by atoms with Gasteiger partial charge in [-0.2, -0.15) is 0 Å². The Morgan fingerprint density at radius 1 is 0.702 bits per heavy atom. The summed E-state index contributed by atoms with van der Waals surface area (Å²) in [4.78, 5) is 59.5. The number of aromatic nitrogens is 1. The first-order valence-electron chi connectivity index (χ1n) is 13.2. The third kappa shape index (κ3) is 14.3. The first kappa shape index (κ1) is 40.0. The number of nitrogens with zero attached hydrogens (tertiary/aromatic N) is 1. The van der Waals surface area contributed by atoms with E-state index in [1.807, 2.05) is 17.5 Å². The summed E-state index contributed by atoms with van der Waals surface area (Å²) >= 11 is 8.55. The molecule has 0 atom stereocenters. The van der Waals surface area contributed by atoms with Crippen LogP contribution in [0.3, 0.4) is 0 Å². The number of nitrogen functional groups attached to an aromatic ring is 1. The zero-order chi connectivity index (χ0) is 35.5. The second-order valence-corrected chi connectivity index (χ2v) is 10.7. The summed E-state index contributed by atoms with van der Waals surface area (Å²) in [5, 5.41) is 2.69. The van der Waals surface area contributed by atoms with Crippen LogP contribution in [0, 0.1) is 0 Å². The van der Waals surface area contributed by atoms with Crippen LogP contribution in [0.2, 0.25) is 0 Å². The minimum Gasteiger partial charge on any atom is -0.465 e. The van der Waals surface area contributed by atoms with Crippen molar-refractivity contribution in [1.82, 2.24) is 4.98 Å². The Balaban J connectivity index is 0.000000335. The largest absolute Gasteiger partial charge is 0.465 e. The van der Waals surface area contributed by atoms with E-state index in [4.69, 9.17) is 5.73 Å². The zero-order valence-electron chi connectivity index (χ0n) is 25.9. The summed E-state index contributed by atoms with van der Waals surface area (Å²) in [6.45, 7) is 1.48. The molecule has 0 saturated carbocycles. The van der Waals surface area contributed by atoms with Gasteiger partial charge in [-0.25, -0.2) is 19.4 Å². The van der Waals surface area contributed by atoms with Crippen LogP contribution in [0.25, 0.3) is 11.3 Å². The number of methoxy groups -OCH3 is 3. The Hall–Kier alpha value is -4.99. The Kier molecular flexibility index (Phi) is 17.8. The van der Waals surface area contributed by atoms with Gasteiger partial charge >= 0.3 is 17.9 Å². The molecule has 4 rings (SSSR count). The van der Waals surface area contributed by atoms with Gasteiger partial charge in [0.25, 0.3) is 0 Å². The number of rotatable bonds is 7. The number of Topliss-reactive ketones (excluding diaryl/α,β-unsaturated/α-hetero) is 2. The maximum absolute atomic E-state index is 11.2. The molecule has 1 heterocycles. The molecule has 4 aromatic rings. The fourth-order valence-electron chi connectivity index (χ4n) is 3.26. The van der Waals surface area contributed by atoms with E-state index in [9.17, 15) is 24.0 Å². The van der Waals surface area contributed by atoms with Gasteiger partial charge < -0.3 is 31.4 Å². The number of nitrogens with two attached hydrogens (primary N) is 3. The third-order valence-electron chi connectivity index (χ3n) is 5.59. The number of ketones is 2. The normalized spacial score (nSPS) is 9.38. The summed E-state index contributed by atoms with van der Waals surface area (Å²) in [5.74, 6) is -1.17. The molecule has 248 valence electrons. The molecule has 0 spiro atoms. The third-order valence-corrected chi connectivity index (χ3v) is 6.77. The van der Waals surface area contributed by atoms with Crippen LogP contribution in [-0.2, 0) is 14.2 Å². The Labute approximate surface area is 289 Å². The molecule has 12 nitrogen and oxygen atoms in total. The minimum atomic E-state index is -0.400. The lowest BCUT2D eigenvalue weighted by molar-refractivity contribution is 0.0592. The van der Waals surface area contributed by atoms with Crippen molar-refractivity contribution in [3.05, 3.63) is 106 Å². The number of ether oxygens (including phenoxy) is 3. The minimum absolute atomic E-state index is 0.000000000000000222.